The van der Waals surface area contributed by atoms with Crippen molar-refractivity contribution in [1.82, 2.24) is 4.90 Å². The van der Waals surface area contributed by atoms with Crippen molar-refractivity contribution in [3.8, 4) is 11.5 Å². The van der Waals surface area contributed by atoms with Crippen LogP contribution >= 0.6 is 0 Å². The number of fused-ring (bicyclic) bond motifs is 1. The van der Waals surface area contributed by atoms with E-state index in [0.29, 0.717) is 24.6 Å². The van der Waals surface area contributed by atoms with Gasteiger partial charge in [0.25, 0.3) is 0 Å². The molecule has 1 N–H and O–H groups in total. The van der Waals surface area contributed by atoms with Crippen LogP contribution in [-0.2, 0) is 16.1 Å². The molecule has 0 saturated heterocycles. The lowest BCUT2D eigenvalue weighted by Gasteiger charge is -2.21. The summed E-state index contributed by atoms with van der Waals surface area (Å²) in [5.41, 5.74) is 2.73. The molecular weight excluding hydrogens is 358 g/mol. The summed E-state index contributed by atoms with van der Waals surface area (Å²) in [4.78, 5) is 27.9. The van der Waals surface area contributed by atoms with Crippen molar-refractivity contribution in [2.24, 2.45) is 0 Å². The van der Waals surface area contributed by atoms with E-state index in [0.717, 1.165) is 16.9 Å². The third-order valence-electron chi connectivity index (χ3n) is 4.53. The molecule has 0 radical (unpaired) electrons. The van der Waals surface area contributed by atoms with Crippen molar-refractivity contribution in [3.05, 3.63) is 48.0 Å². The highest BCUT2D eigenvalue weighted by molar-refractivity contribution is 5.91. The molecule has 0 atom stereocenters. The van der Waals surface area contributed by atoms with E-state index in [1.54, 1.807) is 4.90 Å². The normalized spacial score (nSPS) is 11.8. The summed E-state index contributed by atoms with van der Waals surface area (Å²) in [5.74, 6) is 1.17. The molecule has 2 aromatic carbocycles. The zero-order valence-corrected chi connectivity index (χ0v) is 16.4. The van der Waals surface area contributed by atoms with Gasteiger partial charge in [-0.05, 0) is 42.0 Å². The molecule has 0 aliphatic carbocycles. The minimum absolute atomic E-state index is 0.0826. The number of rotatable bonds is 7. The maximum atomic E-state index is 12.3. The molecule has 1 heterocycles. The molecule has 3 rings (SSSR count). The van der Waals surface area contributed by atoms with Gasteiger partial charge in [0, 0.05) is 51.9 Å². The van der Waals surface area contributed by atoms with Crippen LogP contribution < -0.4 is 19.7 Å². The zero-order chi connectivity index (χ0) is 20.1. The van der Waals surface area contributed by atoms with Crippen molar-refractivity contribution in [2.45, 2.75) is 19.9 Å². The lowest BCUT2D eigenvalue weighted by atomic mass is 10.2. The molecule has 0 saturated carbocycles. The van der Waals surface area contributed by atoms with E-state index in [4.69, 9.17) is 9.47 Å². The van der Waals surface area contributed by atoms with E-state index in [2.05, 4.69) is 5.32 Å². The van der Waals surface area contributed by atoms with E-state index >= 15 is 0 Å². The first-order valence-corrected chi connectivity index (χ1v) is 9.13. The third kappa shape index (κ3) is 4.94. The molecule has 7 heteroatoms. The predicted molar refractivity (Wildman–Crippen MR) is 108 cm³/mol. The number of carbonyl (C=O) groups is 2. The fourth-order valence-electron chi connectivity index (χ4n) is 2.91. The second-order valence-corrected chi connectivity index (χ2v) is 6.87. The fraction of sp³-hybridized carbons (Fsp3) is 0.333. The summed E-state index contributed by atoms with van der Waals surface area (Å²) in [6, 6.07) is 13.2. The van der Waals surface area contributed by atoms with Crippen LogP contribution in [0, 0.1) is 0 Å². The van der Waals surface area contributed by atoms with Crippen LogP contribution in [-0.4, -0.2) is 44.1 Å². The topological polar surface area (TPSA) is 71.1 Å². The number of hydrogen-bond acceptors (Lipinski definition) is 5. The van der Waals surface area contributed by atoms with Gasteiger partial charge in [-0.25, -0.2) is 0 Å². The average molecular weight is 383 g/mol. The van der Waals surface area contributed by atoms with Gasteiger partial charge >= 0.3 is 0 Å². The average Bonchev–Trinajstić information content (AvgIpc) is 3.13. The van der Waals surface area contributed by atoms with Gasteiger partial charge in [-0.2, -0.15) is 0 Å². The Balaban J connectivity index is 1.54. The van der Waals surface area contributed by atoms with Crippen molar-refractivity contribution in [1.29, 1.82) is 0 Å². The van der Waals surface area contributed by atoms with E-state index in [1.165, 1.54) is 6.92 Å². The van der Waals surface area contributed by atoms with Gasteiger partial charge in [0.15, 0.2) is 11.5 Å². The first-order chi connectivity index (χ1) is 13.4. The monoisotopic (exact) mass is 383 g/mol. The molecule has 2 aromatic rings. The van der Waals surface area contributed by atoms with Gasteiger partial charge in [-0.3, -0.25) is 9.59 Å². The zero-order valence-electron chi connectivity index (χ0n) is 16.4. The smallest absolute Gasteiger partial charge is 0.231 e. The molecule has 1 aliphatic heterocycles. The van der Waals surface area contributed by atoms with E-state index < -0.39 is 0 Å². The third-order valence-corrected chi connectivity index (χ3v) is 4.53. The molecule has 2 amide bonds. The van der Waals surface area contributed by atoms with Crippen molar-refractivity contribution < 1.29 is 19.1 Å². The predicted octanol–water partition coefficient (Wildman–Crippen LogP) is 2.86. The molecule has 0 aromatic heterocycles. The van der Waals surface area contributed by atoms with Gasteiger partial charge in [-0.15, -0.1) is 0 Å². The standard InChI is InChI=1S/C21H25N3O4/c1-15(25)24(13-16-4-9-19-20(12-16)28-14-27-19)11-10-21(26)22-17-5-7-18(8-6-17)23(2)3/h4-9,12H,10-11,13-14H2,1-3H3,(H,22,26). The quantitative estimate of drug-likeness (QED) is 0.796. The van der Waals surface area contributed by atoms with Crippen molar-refractivity contribution in [3.63, 3.8) is 0 Å². The van der Waals surface area contributed by atoms with Crippen molar-refractivity contribution in [2.75, 3.05) is 37.6 Å². The number of hydrogen-bond donors (Lipinski definition) is 1. The summed E-state index contributed by atoms with van der Waals surface area (Å²) < 4.78 is 10.7. The molecule has 0 unspecified atom stereocenters. The number of anilines is 2. The Morgan fingerprint density at radius 3 is 2.43 bits per heavy atom. The largest absolute Gasteiger partial charge is 0.454 e. The lowest BCUT2D eigenvalue weighted by Crippen LogP contribution is -2.31. The second-order valence-electron chi connectivity index (χ2n) is 6.87. The number of nitrogens with one attached hydrogen (secondary N) is 1. The molecule has 7 nitrogen and oxygen atoms in total. The summed E-state index contributed by atoms with van der Waals surface area (Å²) >= 11 is 0. The van der Waals surface area contributed by atoms with Gasteiger partial charge in [0.2, 0.25) is 18.6 Å². The van der Waals surface area contributed by atoms with E-state index in [9.17, 15) is 9.59 Å². The Kier molecular flexibility index (Phi) is 6.03. The minimum atomic E-state index is -0.130. The van der Waals surface area contributed by atoms with Crippen LogP contribution in [0.1, 0.15) is 18.9 Å². The SMILES string of the molecule is CC(=O)N(CCC(=O)Nc1ccc(N(C)C)cc1)Cc1ccc2c(c1)OCO2. The molecule has 148 valence electrons. The Morgan fingerprint density at radius 2 is 1.75 bits per heavy atom. The minimum Gasteiger partial charge on any atom is -0.454 e. The Morgan fingerprint density at radius 1 is 1.04 bits per heavy atom. The summed E-state index contributed by atoms with van der Waals surface area (Å²) in [6.45, 7) is 2.47. The fourth-order valence-corrected chi connectivity index (χ4v) is 2.91. The maximum Gasteiger partial charge on any atom is 0.231 e. The van der Waals surface area contributed by atoms with Gasteiger partial charge in [-0.1, -0.05) is 6.07 Å². The Hall–Kier alpha value is -3.22. The van der Waals surface area contributed by atoms with E-state index in [1.807, 2.05) is 61.5 Å². The van der Waals surface area contributed by atoms with Crippen LogP contribution in [0.25, 0.3) is 0 Å². The molecular formula is C21H25N3O4. The Bertz CT molecular complexity index is 849. The number of amides is 2. The lowest BCUT2D eigenvalue weighted by molar-refractivity contribution is -0.129. The van der Waals surface area contributed by atoms with E-state index in [-0.39, 0.29) is 25.0 Å². The van der Waals surface area contributed by atoms with Gasteiger partial charge < -0.3 is 24.6 Å². The molecule has 1 aliphatic rings. The van der Waals surface area contributed by atoms with Crippen LogP contribution in [0.3, 0.4) is 0 Å². The maximum absolute atomic E-state index is 12.3. The van der Waals surface area contributed by atoms with Crippen LogP contribution in [0.4, 0.5) is 11.4 Å². The number of ether oxygens (including phenoxy) is 2. The summed E-state index contributed by atoms with van der Waals surface area (Å²) in [5, 5.41) is 2.87. The van der Waals surface area contributed by atoms with Crippen molar-refractivity contribution >= 4 is 23.2 Å². The van der Waals surface area contributed by atoms with Crippen LogP contribution in [0.2, 0.25) is 0 Å². The highest BCUT2D eigenvalue weighted by Gasteiger charge is 2.16. The highest BCUT2D eigenvalue weighted by atomic mass is 16.7. The number of nitrogens with zero attached hydrogens (tertiary/aromatic N) is 2. The summed E-state index contributed by atoms with van der Waals surface area (Å²) in [7, 11) is 3.92. The number of carbonyl (C=O) groups excluding carboxylic acids is 2. The highest BCUT2D eigenvalue weighted by Crippen LogP contribution is 2.32. The van der Waals surface area contributed by atoms with Crippen LogP contribution in [0.15, 0.2) is 42.5 Å². The first kappa shape index (κ1) is 19.5. The Labute approximate surface area is 164 Å². The molecule has 0 fully saturated rings. The second kappa shape index (κ2) is 8.65. The van der Waals surface area contributed by atoms with Gasteiger partial charge in [0.05, 0.1) is 0 Å². The van der Waals surface area contributed by atoms with Gasteiger partial charge in [0.1, 0.15) is 0 Å². The molecule has 0 bridgehead atoms. The first-order valence-electron chi connectivity index (χ1n) is 9.13. The molecule has 0 spiro atoms. The van der Waals surface area contributed by atoms with Crippen LogP contribution in [0.5, 0.6) is 11.5 Å². The molecule has 28 heavy (non-hydrogen) atoms. The summed E-state index contributed by atoms with van der Waals surface area (Å²) in [6.07, 6.45) is 0.222. The number of benzene rings is 2.